The third-order valence-corrected chi connectivity index (χ3v) is 2.42. The fraction of sp³-hybridized carbons (Fsp3) is 0.500. The third kappa shape index (κ3) is 0.913. The Labute approximate surface area is 69.2 Å². The smallest absolute Gasteiger partial charge is 0.358 e. The average Bonchev–Trinajstić information content (AvgIpc) is 2.61. The van der Waals surface area contributed by atoms with E-state index in [1.807, 2.05) is 6.92 Å². The van der Waals surface area contributed by atoms with Crippen LogP contribution in [0.2, 0.25) is 0 Å². The molecule has 4 nitrogen and oxygen atoms in total. The van der Waals surface area contributed by atoms with Crippen molar-refractivity contribution >= 4 is 5.97 Å². The summed E-state index contributed by atoms with van der Waals surface area (Å²) in [7, 11) is 0. The zero-order chi connectivity index (χ0) is 8.77. The SMILES string of the molecule is CC1(c2conc2C(=O)O)CC1. The van der Waals surface area contributed by atoms with Crippen LogP contribution in [-0.2, 0) is 5.41 Å². The number of carbonyl (C=O) groups is 1. The summed E-state index contributed by atoms with van der Waals surface area (Å²) in [5.74, 6) is -1.01. The van der Waals surface area contributed by atoms with Crippen LogP contribution in [0.25, 0.3) is 0 Å². The second kappa shape index (κ2) is 2.09. The van der Waals surface area contributed by atoms with Crippen molar-refractivity contribution in [1.82, 2.24) is 5.16 Å². The molecule has 1 aromatic heterocycles. The van der Waals surface area contributed by atoms with Crippen molar-refractivity contribution in [2.75, 3.05) is 0 Å². The fourth-order valence-electron chi connectivity index (χ4n) is 1.28. The Morgan fingerprint density at radius 1 is 1.75 bits per heavy atom. The summed E-state index contributed by atoms with van der Waals surface area (Å²) >= 11 is 0. The van der Waals surface area contributed by atoms with Gasteiger partial charge in [-0.2, -0.15) is 0 Å². The maximum atomic E-state index is 10.6. The first kappa shape index (κ1) is 7.34. The third-order valence-electron chi connectivity index (χ3n) is 2.42. The minimum absolute atomic E-state index is 0.00766. The quantitative estimate of drug-likeness (QED) is 0.723. The molecule has 1 fully saturated rings. The standard InChI is InChI=1S/C8H9NO3/c1-8(2-3-8)5-4-12-9-6(5)7(10)11/h4H,2-3H2,1H3,(H,10,11). The van der Waals surface area contributed by atoms with Crippen molar-refractivity contribution in [3.05, 3.63) is 17.5 Å². The lowest BCUT2D eigenvalue weighted by molar-refractivity contribution is 0.0684. The van der Waals surface area contributed by atoms with Gasteiger partial charge in [0.15, 0.2) is 5.69 Å². The number of rotatable bonds is 2. The van der Waals surface area contributed by atoms with E-state index in [4.69, 9.17) is 5.11 Å². The molecule has 0 aliphatic heterocycles. The predicted octanol–water partition coefficient (Wildman–Crippen LogP) is 1.42. The number of nitrogens with zero attached hydrogens (tertiary/aromatic N) is 1. The van der Waals surface area contributed by atoms with Gasteiger partial charge in [0.25, 0.3) is 0 Å². The molecule has 0 unspecified atom stereocenters. The lowest BCUT2D eigenvalue weighted by atomic mass is 9.99. The molecule has 0 bridgehead atoms. The van der Waals surface area contributed by atoms with Crippen molar-refractivity contribution in [1.29, 1.82) is 0 Å². The van der Waals surface area contributed by atoms with Gasteiger partial charge in [-0.3, -0.25) is 0 Å². The van der Waals surface area contributed by atoms with Crippen LogP contribution in [0, 0.1) is 0 Å². The van der Waals surface area contributed by atoms with E-state index in [-0.39, 0.29) is 11.1 Å². The van der Waals surface area contributed by atoms with Crippen molar-refractivity contribution in [3.63, 3.8) is 0 Å². The lowest BCUT2D eigenvalue weighted by Crippen LogP contribution is -2.07. The Balaban J connectivity index is 2.43. The molecule has 1 aliphatic carbocycles. The van der Waals surface area contributed by atoms with E-state index in [0.29, 0.717) is 0 Å². The second-order valence-electron chi connectivity index (χ2n) is 3.44. The summed E-state index contributed by atoms with van der Waals surface area (Å²) in [6.45, 7) is 2.02. The normalized spacial score (nSPS) is 19.1. The van der Waals surface area contributed by atoms with E-state index in [1.54, 1.807) is 0 Å². The van der Waals surface area contributed by atoms with Gasteiger partial charge in [0.1, 0.15) is 6.26 Å². The van der Waals surface area contributed by atoms with E-state index in [2.05, 4.69) is 9.68 Å². The van der Waals surface area contributed by atoms with Gasteiger partial charge in [-0.15, -0.1) is 0 Å². The van der Waals surface area contributed by atoms with E-state index >= 15 is 0 Å². The first-order valence-electron chi connectivity index (χ1n) is 3.82. The number of aromatic carboxylic acids is 1. The molecule has 4 heteroatoms. The van der Waals surface area contributed by atoms with Gasteiger partial charge < -0.3 is 9.63 Å². The highest BCUT2D eigenvalue weighted by molar-refractivity contribution is 5.87. The lowest BCUT2D eigenvalue weighted by Gasteiger charge is -2.02. The highest BCUT2D eigenvalue weighted by Crippen LogP contribution is 2.48. The first-order chi connectivity index (χ1) is 5.63. The molecule has 0 aromatic carbocycles. The Kier molecular flexibility index (Phi) is 1.28. The molecule has 1 heterocycles. The van der Waals surface area contributed by atoms with Crippen LogP contribution in [0.4, 0.5) is 0 Å². The maximum Gasteiger partial charge on any atom is 0.358 e. The topological polar surface area (TPSA) is 63.3 Å². The summed E-state index contributed by atoms with van der Waals surface area (Å²) < 4.78 is 4.64. The zero-order valence-electron chi connectivity index (χ0n) is 6.70. The summed E-state index contributed by atoms with van der Waals surface area (Å²) in [4.78, 5) is 10.6. The van der Waals surface area contributed by atoms with E-state index in [9.17, 15) is 4.79 Å². The highest BCUT2D eigenvalue weighted by Gasteiger charge is 2.43. The number of carboxylic acid groups (broad SMARTS) is 1. The Morgan fingerprint density at radius 3 is 2.92 bits per heavy atom. The monoisotopic (exact) mass is 167 g/mol. The second-order valence-corrected chi connectivity index (χ2v) is 3.44. The van der Waals surface area contributed by atoms with Crippen LogP contribution in [0.3, 0.4) is 0 Å². The summed E-state index contributed by atoms with van der Waals surface area (Å²) in [6, 6.07) is 0. The molecule has 0 amide bonds. The van der Waals surface area contributed by atoms with Crippen LogP contribution < -0.4 is 0 Å². The van der Waals surface area contributed by atoms with Crippen molar-refractivity contribution < 1.29 is 14.4 Å². The van der Waals surface area contributed by atoms with Crippen LogP contribution in [0.5, 0.6) is 0 Å². The molecule has 0 saturated heterocycles. The maximum absolute atomic E-state index is 10.6. The van der Waals surface area contributed by atoms with E-state index < -0.39 is 5.97 Å². The predicted molar refractivity (Wildman–Crippen MR) is 40.0 cm³/mol. The van der Waals surface area contributed by atoms with Crippen LogP contribution in [-0.4, -0.2) is 16.2 Å². The van der Waals surface area contributed by atoms with Crippen molar-refractivity contribution in [2.45, 2.75) is 25.2 Å². The van der Waals surface area contributed by atoms with Crippen molar-refractivity contribution in [2.24, 2.45) is 0 Å². The van der Waals surface area contributed by atoms with Gasteiger partial charge in [-0.25, -0.2) is 4.79 Å². The van der Waals surface area contributed by atoms with Gasteiger partial charge in [0.05, 0.1) is 0 Å². The number of carboxylic acids is 1. The summed E-state index contributed by atoms with van der Waals surface area (Å²) in [5, 5.41) is 12.2. The largest absolute Gasteiger partial charge is 0.476 e. The van der Waals surface area contributed by atoms with Crippen LogP contribution in [0.1, 0.15) is 35.8 Å². The Bertz CT molecular complexity index is 325. The highest BCUT2D eigenvalue weighted by atomic mass is 16.5. The molecule has 0 radical (unpaired) electrons. The molecule has 1 aromatic rings. The number of hydrogen-bond acceptors (Lipinski definition) is 3. The average molecular weight is 167 g/mol. The molecule has 12 heavy (non-hydrogen) atoms. The molecule has 0 atom stereocenters. The van der Waals surface area contributed by atoms with Crippen LogP contribution >= 0.6 is 0 Å². The summed E-state index contributed by atoms with van der Waals surface area (Å²) in [6.07, 6.45) is 3.49. The minimum atomic E-state index is -1.01. The molecule has 1 N–H and O–H groups in total. The van der Waals surface area contributed by atoms with Gasteiger partial charge in [-0.1, -0.05) is 12.1 Å². The Morgan fingerprint density at radius 2 is 2.42 bits per heavy atom. The van der Waals surface area contributed by atoms with E-state index in [1.165, 1.54) is 6.26 Å². The zero-order valence-corrected chi connectivity index (χ0v) is 6.70. The molecule has 1 aliphatic rings. The summed E-state index contributed by atoms with van der Waals surface area (Å²) in [5.41, 5.74) is 0.804. The Hall–Kier alpha value is -1.32. The van der Waals surface area contributed by atoms with Crippen LogP contribution in [0.15, 0.2) is 10.8 Å². The molecular formula is C8H9NO3. The molecule has 64 valence electrons. The number of hydrogen-bond donors (Lipinski definition) is 1. The van der Waals surface area contributed by atoms with Gasteiger partial charge in [-0.05, 0) is 18.3 Å². The molecular weight excluding hydrogens is 158 g/mol. The van der Waals surface area contributed by atoms with Gasteiger partial charge in [0, 0.05) is 5.56 Å². The van der Waals surface area contributed by atoms with E-state index in [0.717, 1.165) is 18.4 Å². The first-order valence-corrected chi connectivity index (χ1v) is 3.82. The molecule has 0 spiro atoms. The van der Waals surface area contributed by atoms with Crippen molar-refractivity contribution in [3.8, 4) is 0 Å². The molecule has 1 saturated carbocycles. The molecule has 2 rings (SSSR count). The number of aromatic nitrogens is 1. The van der Waals surface area contributed by atoms with Gasteiger partial charge >= 0.3 is 5.97 Å². The minimum Gasteiger partial charge on any atom is -0.476 e. The van der Waals surface area contributed by atoms with Gasteiger partial charge in [0.2, 0.25) is 0 Å². The fourth-order valence-corrected chi connectivity index (χ4v) is 1.28.